The molecular formula is C23H23FN4O4. The molecule has 1 fully saturated rings. The maximum Gasteiger partial charge on any atom is 0.269 e. The van der Waals surface area contributed by atoms with E-state index in [2.05, 4.69) is 15.5 Å². The SMILES string of the molecule is O=C(Nc1cc(F)c(-c2cn[nH]c2)cc1N1CCC(O)CC1)[C@@H]1COc2ccccc2O1. The third-order valence-electron chi connectivity index (χ3n) is 5.76. The van der Waals surface area contributed by atoms with Crippen LogP contribution in [0.25, 0.3) is 11.1 Å². The van der Waals surface area contributed by atoms with Crippen LogP contribution in [-0.2, 0) is 4.79 Å². The minimum absolute atomic E-state index is 0.0592. The largest absolute Gasteiger partial charge is 0.485 e. The van der Waals surface area contributed by atoms with Crippen LogP contribution in [0.15, 0.2) is 48.8 Å². The molecule has 0 radical (unpaired) electrons. The summed E-state index contributed by atoms with van der Waals surface area (Å²) in [7, 11) is 0. The summed E-state index contributed by atoms with van der Waals surface area (Å²) in [6.07, 6.45) is 3.14. The Morgan fingerprint density at radius 2 is 2.00 bits per heavy atom. The van der Waals surface area contributed by atoms with Crippen LogP contribution in [0.2, 0.25) is 0 Å². The van der Waals surface area contributed by atoms with E-state index in [1.807, 2.05) is 11.0 Å². The molecule has 32 heavy (non-hydrogen) atoms. The van der Waals surface area contributed by atoms with Gasteiger partial charge < -0.3 is 24.8 Å². The van der Waals surface area contributed by atoms with Crippen LogP contribution in [0, 0.1) is 5.82 Å². The van der Waals surface area contributed by atoms with Gasteiger partial charge in [0, 0.05) is 36.5 Å². The van der Waals surface area contributed by atoms with E-state index in [0.29, 0.717) is 59.9 Å². The molecule has 1 aromatic heterocycles. The number of carbonyl (C=O) groups excluding carboxylic acids is 1. The second-order valence-corrected chi connectivity index (χ2v) is 7.91. The minimum Gasteiger partial charge on any atom is -0.485 e. The molecule has 0 bridgehead atoms. The quantitative estimate of drug-likeness (QED) is 0.579. The number of para-hydroxylation sites is 2. The predicted molar refractivity (Wildman–Crippen MR) is 116 cm³/mol. The van der Waals surface area contributed by atoms with E-state index in [1.54, 1.807) is 36.7 Å². The van der Waals surface area contributed by atoms with Gasteiger partial charge in [-0.25, -0.2) is 4.39 Å². The number of anilines is 2. The van der Waals surface area contributed by atoms with E-state index in [9.17, 15) is 9.90 Å². The van der Waals surface area contributed by atoms with Gasteiger partial charge in [-0.05, 0) is 31.0 Å². The third kappa shape index (κ3) is 3.99. The molecule has 9 heteroatoms. The molecule has 5 rings (SSSR count). The van der Waals surface area contributed by atoms with Crippen molar-refractivity contribution in [3.8, 4) is 22.6 Å². The van der Waals surface area contributed by atoms with Crippen molar-refractivity contribution in [2.45, 2.75) is 25.0 Å². The molecule has 3 N–H and O–H groups in total. The number of nitrogens with zero attached hydrogens (tertiary/aromatic N) is 2. The summed E-state index contributed by atoms with van der Waals surface area (Å²) in [6, 6.07) is 10.2. The fourth-order valence-corrected chi connectivity index (χ4v) is 4.01. The lowest BCUT2D eigenvalue weighted by molar-refractivity contribution is -0.125. The number of hydrogen-bond acceptors (Lipinski definition) is 6. The normalized spacial score (nSPS) is 18.4. The fourth-order valence-electron chi connectivity index (χ4n) is 4.01. The summed E-state index contributed by atoms with van der Waals surface area (Å²) < 4.78 is 26.4. The number of ether oxygens (including phenoxy) is 2. The predicted octanol–water partition coefficient (Wildman–Crippen LogP) is 2.96. The van der Waals surface area contributed by atoms with Crippen LogP contribution in [0.3, 0.4) is 0 Å². The van der Waals surface area contributed by atoms with Crippen LogP contribution in [0.5, 0.6) is 11.5 Å². The van der Waals surface area contributed by atoms with Gasteiger partial charge in [0.15, 0.2) is 11.5 Å². The van der Waals surface area contributed by atoms with E-state index >= 15 is 4.39 Å². The first-order chi connectivity index (χ1) is 15.6. The molecule has 166 valence electrons. The number of aromatic nitrogens is 2. The highest BCUT2D eigenvalue weighted by Gasteiger charge is 2.29. The standard InChI is InChI=1S/C23H23FN4O4/c24-17-10-18(27-23(30)22-13-31-20-3-1-2-4-21(20)32-22)19(28-7-5-15(29)6-8-28)9-16(17)14-11-25-26-12-14/h1-4,9-12,15,22,29H,5-8,13H2,(H,25,26)(H,27,30)/t22-/m0/s1. The minimum atomic E-state index is -0.863. The van der Waals surface area contributed by atoms with Gasteiger partial charge in [-0.3, -0.25) is 9.89 Å². The van der Waals surface area contributed by atoms with Gasteiger partial charge in [-0.2, -0.15) is 5.10 Å². The van der Waals surface area contributed by atoms with Crippen molar-refractivity contribution in [2.24, 2.45) is 0 Å². The molecular weight excluding hydrogens is 415 g/mol. The summed E-state index contributed by atoms with van der Waals surface area (Å²) in [5.41, 5.74) is 2.02. The average Bonchev–Trinajstić information content (AvgIpc) is 3.34. The van der Waals surface area contributed by atoms with E-state index in [1.165, 1.54) is 6.07 Å². The smallest absolute Gasteiger partial charge is 0.269 e. The zero-order chi connectivity index (χ0) is 22.1. The molecule has 0 spiro atoms. The van der Waals surface area contributed by atoms with E-state index in [-0.39, 0.29) is 12.7 Å². The second-order valence-electron chi connectivity index (χ2n) is 7.91. The Kier molecular flexibility index (Phi) is 5.40. The van der Waals surface area contributed by atoms with Crippen LogP contribution in [0.4, 0.5) is 15.8 Å². The van der Waals surface area contributed by atoms with Gasteiger partial charge in [0.1, 0.15) is 12.4 Å². The number of halogens is 1. The summed E-state index contributed by atoms with van der Waals surface area (Å²) in [5.74, 6) is 0.173. The number of aliphatic hydroxyl groups is 1. The molecule has 3 aromatic rings. The molecule has 0 unspecified atom stereocenters. The molecule has 1 atom stereocenters. The fraction of sp³-hybridized carbons (Fsp3) is 0.304. The topological polar surface area (TPSA) is 99.7 Å². The number of amides is 1. The Morgan fingerprint density at radius 1 is 1.22 bits per heavy atom. The summed E-state index contributed by atoms with van der Waals surface area (Å²) in [4.78, 5) is 15.0. The van der Waals surface area contributed by atoms with Crippen molar-refractivity contribution in [3.63, 3.8) is 0 Å². The van der Waals surface area contributed by atoms with Crippen molar-refractivity contribution in [2.75, 3.05) is 29.9 Å². The summed E-state index contributed by atoms with van der Waals surface area (Å²) in [6.45, 7) is 1.25. The van der Waals surface area contributed by atoms with Gasteiger partial charge in [0.25, 0.3) is 5.91 Å². The first-order valence-electron chi connectivity index (χ1n) is 10.5. The Morgan fingerprint density at radius 3 is 2.75 bits per heavy atom. The highest BCUT2D eigenvalue weighted by atomic mass is 19.1. The van der Waals surface area contributed by atoms with Crippen molar-refractivity contribution < 1.29 is 23.8 Å². The van der Waals surface area contributed by atoms with Crippen LogP contribution >= 0.6 is 0 Å². The van der Waals surface area contributed by atoms with E-state index in [4.69, 9.17) is 9.47 Å². The number of piperidine rings is 1. The first-order valence-corrected chi connectivity index (χ1v) is 10.5. The Hall–Kier alpha value is -3.59. The molecule has 3 heterocycles. The summed E-state index contributed by atoms with van der Waals surface area (Å²) in [5, 5.41) is 19.3. The number of H-pyrrole nitrogens is 1. The number of aromatic amines is 1. The molecule has 2 aromatic carbocycles. The van der Waals surface area contributed by atoms with Gasteiger partial charge in [0.2, 0.25) is 6.10 Å². The zero-order valence-electron chi connectivity index (χ0n) is 17.3. The average molecular weight is 438 g/mol. The second kappa shape index (κ2) is 8.51. The molecule has 8 nitrogen and oxygen atoms in total. The van der Waals surface area contributed by atoms with Gasteiger partial charge in [0.05, 0.1) is 23.7 Å². The Bertz CT molecular complexity index is 1110. The lowest BCUT2D eigenvalue weighted by Crippen LogP contribution is -2.41. The monoisotopic (exact) mass is 438 g/mol. The number of hydrogen-bond donors (Lipinski definition) is 3. The van der Waals surface area contributed by atoms with Crippen LogP contribution in [0.1, 0.15) is 12.8 Å². The lowest BCUT2D eigenvalue weighted by atomic mass is 10.0. The van der Waals surface area contributed by atoms with Crippen molar-refractivity contribution >= 4 is 17.3 Å². The van der Waals surface area contributed by atoms with Crippen LogP contribution < -0.4 is 19.7 Å². The lowest BCUT2D eigenvalue weighted by Gasteiger charge is -2.33. The molecule has 2 aliphatic rings. The zero-order valence-corrected chi connectivity index (χ0v) is 17.3. The highest BCUT2D eigenvalue weighted by molar-refractivity contribution is 5.98. The number of nitrogens with one attached hydrogen (secondary N) is 2. The number of aliphatic hydroxyl groups excluding tert-OH is 1. The van der Waals surface area contributed by atoms with Gasteiger partial charge in [-0.15, -0.1) is 0 Å². The molecule has 0 saturated carbocycles. The summed E-state index contributed by atoms with van der Waals surface area (Å²) >= 11 is 0. The number of benzene rings is 2. The maximum absolute atomic E-state index is 15.0. The van der Waals surface area contributed by atoms with Crippen molar-refractivity contribution in [1.82, 2.24) is 10.2 Å². The Balaban J connectivity index is 1.43. The Labute approximate surface area is 184 Å². The number of fused-ring (bicyclic) bond motifs is 1. The highest BCUT2D eigenvalue weighted by Crippen LogP contribution is 2.36. The number of rotatable bonds is 4. The number of carbonyl (C=O) groups is 1. The molecule has 1 amide bonds. The molecule has 2 aliphatic heterocycles. The first kappa shape index (κ1) is 20.3. The molecule has 1 saturated heterocycles. The van der Waals surface area contributed by atoms with Crippen molar-refractivity contribution in [3.05, 3.63) is 54.6 Å². The van der Waals surface area contributed by atoms with E-state index in [0.717, 1.165) is 0 Å². The van der Waals surface area contributed by atoms with Gasteiger partial charge in [-0.1, -0.05) is 12.1 Å². The van der Waals surface area contributed by atoms with E-state index < -0.39 is 17.8 Å². The van der Waals surface area contributed by atoms with Crippen LogP contribution in [-0.4, -0.2) is 53.1 Å². The molecule has 0 aliphatic carbocycles. The maximum atomic E-state index is 15.0. The van der Waals surface area contributed by atoms with Crippen molar-refractivity contribution in [1.29, 1.82) is 0 Å². The van der Waals surface area contributed by atoms with Gasteiger partial charge >= 0.3 is 0 Å². The third-order valence-corrected chi connectivity index (χ3v) is 5.76.